The maximum atomic E-state index is 11.9. The highest BCUT2D eigenvalue weighted by atomic mass is 16.1. The molecule has 0 saturated heterocycles. The van der Waals surface area contributed by atoms with Gasteiger partial charge in [-0.05, 0) is 36.7 Å². The summed E-state index contributed by atoms with van der Waals surface area (Å²) in [7, 11) is 0. The Morgan fingerprint density at radius 1 is 1.18 bits per heavy atom. The lowest BCUT2D eigenvalue weighted by atomic mass is 9.95. The Kier molecular flexibility index (Phi) is 2.87. The number of hydrogen-bond acceptors (Lipinski definition) is 1. The van der Waals surface area contributed by atoms with E-state index in [2.05, 4.69) is 5.32 Å². The van der Waals surface area contributed by atoms with Crippen molar-refractivity contribution >= 4 is 5.91 Å². The number of carbonyl (C=O) groups is 1. The Hall–Kier alpha value is -1.31. The molecule has 1 aromatic carbocycles. The molecule has 1 aromatic rings. The molecule has 3 rings (SSSR count). The van der Waals surface area contributed by atoms with E-state index in [9.17, 15) is 4.79 Å². The molecule has 2 nitrogen and oxygen atoms in total. The van der Waals surface area contributed by atoms with Crippen LogP contribution in [-0.2, 0) is 11.2 Å². The average Bonchev–Trinajstić information content (AvgIpc) is 2.92. The van der Waals surface area contributed by atoms with Crippen LogP contribution in [0.3, 0.4) is 0 Å². The molecule has 2 saturated carbocycles. The number of hydrogen-bond donors (Lipinski definition) is 1. The zero-order chi connectivity index (χ0) is 11.7. The second-order valence-corrected chi connectivity index (χ2v) is 5.51. The Morgan fingerprint density at radius 2 is 2.00 bits per heavy atom. The average molecular weight is 229 g/mol. The summed E-state index contributed by atoms with van der Waals surface area (Å²) < 4.78 is 0. The zero-order valence-corrected chi connectivity index (χ0v) is 10.1. The van der Waals surface area contributed by atoms with E-state index < -0.39 is 0 Å². The van der Waals surface area contributed by atoms with Crippen LogP contribution in [0.5, 0.6) is 0 Å². The highest BCUT2D eigenvalue weighted by molar-refractivity contribution is 5.78. The number of amides is 1. The van der Waals surface area contributed by atoms with Crippen LogP contribution < -0.4 is 5.32 Å². The van der Waals surface area contributed by atoms with Gasteiger partial charge in [-0.15, -0.1) is 0 Å². The third-order valence-electron chi connectivity index (χ3n) is 4.29. The first-order valence-electron chi connectivity index (χ1n) is 6.64. The van der Waals surface area contributed by atoms with Gasteiger partial charge in [-0.1, -0.05) is 36.8 Å². The van der Waals surface area contributed by atoms with Gasteiger partial charge in [-0.2, -0.15) is 0 Å². The lowest BCUT2D eigenvalue weighted by molar-refractivity contribution is -0.121. The van der Waals surface area contributed by atoms with Crippen LogP contribution in [0.15, 0.2) is 30.3 Å². The van der Waals surface area contributed by atoms with Gasteiger partial charge in [0.25, 0.3) is 0 Å². The third kappa shape index (κ3) is 2.36. The van der Waals surface area contributed by atoms with E-state index in [4.69, 9.17) is 0 Å². The smallest absolute Gasteiger partial charge is 0.224 e. The van der Waals surface area contributed by atoms with E-state index in [0.717, 1.165) is 17.4 Å². The van der Waals surface area contributed by atoms with Crippen molar-refractivity contribution in [2.24, 2.45) is 11.8 Å². The number of nitrogens with one attached hydrogen (secondary N) is 1. The topological polar surface area (TPSA) is 29.1 Å². The molecule has 2 aliphatic carbocycles. The van der Waals surface area contributed by atoms with Gasteiger partial charge in [-0.25, -0.2) is 0 Å². The van der Waals surface area contributed by atoms with Crippen molar-refractivity contribution < 1.29 is 4.79 Å². The van der Waals surface area contributed by atoms with Crippen LogP contribution in [0.4, 0.5) is 0 Å². The molecular formula is C15H19NO. The fraction of sp³-hybridized carbons (Fsp3) is 0.533. The lowest BCUT2D eigenvalue weighted by Gasteiger charge is -2.22. The standard InChI is InChI=1S/C15H19NO/c17-15(10-11-4-2-1-3-5-11)16-14-9-12-6-7-13(14)8-12/h1-5,12-14H,6-10H2,(H,16,17)/t12-,13+,14+/m0/s1. The maximum Gasteiger partial charge on any atom is 0.224 e. The highest BCUT2D eigenvalue weighted by Crippen LogP contribution is 2.44. The van der Waals surface area contributed by atoms with Gasteiger partial charge < -0.3 is 5.32 Å². The van der Waals surface area contributed by atoms with E-state index in [0.29, 0.717) is 12.5 Å². The molecule has 2 aliphatic rings. The quantitative estimate of drug-likeness (QED) is 0.848. The summed E-state index contributed by atoms with van der Waals surface area (Å²) in [6.07, 6.45) is 5.78. The Balaban J connectivity index is 1.54. The minimum Gasteiger partial charge on any atom is -0.353 e. The van der Waals surface area contributed by atoms with Gasteiger partial charge in [0.1, 0.15) is 0 Å². The van der Waals surface area contributed by atoms with Crippen molar-refractivity contribution in [1.29, 1.82) is 0 Å². The normalized spacial score (nSPS) is 30.5. The summed E-state index contributed by atoms with van der Waals surface area (Å²) >= 11 is 0. The molecule has 3 atom stereocenters. The van der Waals surface area contributed by atoms with Gasteiger partial charge in [0.2, 0.25) is 5.91 Å². The van der Waals surface area contributed by atoms with Gasteiger partial charge in [0, 0.05) is 6.04 Å². The van der Waals surface area contributed by atoms with Crippen LogP contribution in [0.1, 0.15) is 31.2 Å². The number of benzene rings is 1. The number of rotatable bonds is 3. The predicted molar refractivity (Wildman–Crippen MR) is 67.5 cm³/mol. The SMILES string of the molecule is O=C(Cc1ccccc1)N[C@@H]1C[C@H]2CC[C@@H]1C2. The van der Waals surface area contributed by atoms with Gasteiger partial charge in [-0.3, -0.25) is 4.79 Å². The van der Waals surface area contributed by atoms with Crippen molar-refractivity contribution in [1.82, 2.24) is 5.32 Å². The molecule has 2 bridgehead atoms. The molecule has 0 heterocycles. The summed E-state index contributed by atoms with van der Waals surface area (Å²) in [6.45, 7) is 0. The van der Waals surface area contributed by atoms with E-state index in [-0.39, 0.29) is 5.91 Å². The van der Waals surface area contributed by atoms with Gasteiger partial charge >= 0.3 is 0 Å². The first-order chi connectivity index (χ1) is 8.31. The third-order valence-corrected chi connectivity index (χ3v) is 4.29. The van der Waals surface area contributed by atoms with E-state index in [1.54, 1.807) is 0 Å². The van der Waals surface area contributed by atoms with Crippen molar-refractivity contribution in [3.8, 4) is 0 Å². The summed E-state index contributed by atoms with van der Waals surface area (Å²) in [6, 6.07) is 10.4. The number of carbonyl (C=O) groups excluding carboxylic acids is 1. The van der Waals surface area contributed by atoms with Crippen molar-refractivity contribution in [3.63, 3.8) is 0 Å². The van der Waals surface area contributed by atoms with Crippen LogP contribution in [0, 0.1) is 11.8 Å². The van der Waals surface area contributed by atoms with E-state index in [1.165, 1.54) is 25.7 Å². The summed E-state index contributed by atoms with van der Waals surface area (Å²) in [5.74, 6) is 1.84. The maximum absolute atomic E-state index is 11.9. The van der Waals surface area contributed by atoms with Crippen LogP contribution >= 0.6 is 0 Å². The number of fused-ring (bicyclic) bond motifs is 2. The summed E-state index contributed by atoms with van der Waals surface area (Å²) in [4.78, 5) is 11.9. The molecule has 1 N–H and O–H groups in total. The summed E-state index contributed by atoms with van der Waals surface area (Å²) in [5, 5.41) is 3.22. The first kappa shape index (κ1) is 10.8. The molecule has 0 spiro atoms. The molecule has 0 radical (unpaired) electrons. The van der Waals surface area contributed by atoms with Crippen molar-refractivity contribution in [3.05, 3.63) is 35.9 Å². The van der Waals surface area contributed by atoms with Crippen molar-refractivity contribution in [2.45, 2.75) is 38.1 Å². The predicted octanol–water partition coefficient (Wildman–Crippen LogP) is 2.53. The first-order valence-corrected chi connectivity index (χ1v) is 6.64. The van der Waals surface area contributed by atoms with Crippen LogP contribution in [-0.4, -0.2) is 11.9 Å². The molecule has 0 aromatic heterocycles. The minimum absolute atomic E-state index is 0.189. The van der Waals surface area contributed by atoms with Crippen LogP contribution in [0.25, 0.3) is 0 Å². The Morgan fingerprint density at radius 3 is 2.65 bits per heavy atom. The molecule has 90 valence electrons. The largest absolute Gasteiger partial charge is 0.353 e. The van der Waals surface area contributed by atoms with E-state index >= 15 is 0 Å². The second-order valence-electron chi connectivity index (χ2n) is 5.51. The lowest BCUT2D eigenvalue weighted by Crippen LogP contribution is -2.39. The minimum atomic E-state index is 0.189. The Bertz CT molecular complexity index is 401. The molecular weight excluding hydrogens is 210 g/mol. The molecule has 0 unspecified atom stereocenters. The molecule has 0 aliphatic heterocycles. The van der Waals surface area contributed by atoms with Gasteiger partial charge in [0.05, 0.1) is 6.42 Å². The van der Waals surface area contributed by atoms with Crippen molar-refractivity contribution in [2.75, 3.05) is 0 Å². The zero-order valence-electron chi connectivity index (χ0n) is 10.1. The fourth-order valence-electron chi connectivity index (χ4n) is 3.46. The van der Waals surface area contributed by atoms with Crippen LogP contribution in [0.2, 0.25) is 0 Å². The summed E-state index contributed by atoms with van der Waals surface area (Å²) in [5.41, 5.74) is 1.10. The monoisotopic (exact) mass is 229 g/mol. The molecule has 2 fully saturated rings. The second kappa shape index (κ2) is 4.52. The molecule has 2 heteroatoms. The fourth-order valence-corrected chi connectivity index (χ4v) is 3.46. The van der Waals surface area contributed by atoms with Gasteiger partial charge in [0.15, 0.2) is 0 Å². The highest BCUT2D eigenvalue weighted by Gasteiger charge is 2.39. The van der Waals surface area contributed by atoms with E-state index in [1.807, 2.05) is 30.3 Å². The Labute approximate surface area is 102 Å². The molecule has 1 amide bonds. The molecule has 17 heavy (non-hydrogen) atoms.